The number of aromatic nitrogens is 2. The molecule has 0 unspecified atom stereocenters. The number of aryl methyl sites for hydroxylation is 2. The van der Waals surface area contributed by atoms with Crippen LogP contribution in [0.3, 0.4) is 0 Å². The number of hydrogen-bond donors (Lipinski definition) is 1. The average molecular weight is 270 g/mol. The Kier molecular flexibility index (Phi) is 3.18. The Labute approximate surface area is 118 Å². The number of carbonyl (C=O) groups is 1. The van der Waals surface area contributed by atoms with Crippen LogP contribution in [0.15, 0.2) is 30.5 Å². The van der Waals surface area contributed by atoms with Gasteiger partial charge in [-0.2, -0.15) is 5.10 Å². The summed E-state index contributed by atoms with van der Waals surface area (Å²) < 4.78 is 1.57. The predicted molar refractivity (Wildman–Crippen MR) is 79.2 cm³/mol. The molecule has 2 aromatic rings. The monoisotopic (exact) mass is 270 g/mol. The van der Waals surface area contributed by atoms with Crippen molar-refractivity contribution in [1.29, 1.82) is 0 Å². The third-order valence-electron chi connectivity index (χ3n) is 3.74. The number of rotatable bonds is 2. The first-order valence-corrected chi connectivity index (χ1v) is 6.78. The Hall–Kier alpha value is -2.30. The van der Waals surface area contributed by atoms with Crippen molar-refractivity contribution in [3.63, 3.8) is 0 Å². The van der Waals surface area contributed by atoms with E-state index in [4.69, 9.17) is 0 Å². The van der Waals surface area contributed by atoms with Gasteiger partial charge >= 0.3 is 0 Å². The molecule has 3 rings (SSSR count). The lowest BCUT2D eigenvalue weighted by atomic mass is 10.0. The van der Waals surface area contributed by atoms with Crippen LogP contribution < -0.4 is 10.2 Å². The van der Waals surface area contributed by atoms with E-state index in [0.717, 1.165) is 25.1 Å². The molecule has 0 spiro atoms. The van der Waals surface area contributed by atoms with Crippen LogP contribution in [-0.4, -0.2) is 29.3 Å². The Morgan fingerprint density at radius 2 is 2.15 bits per heavy atom. The van der Waals surface area contributed by atoms with E-state index >= 15 is 0 Å². The van der Waals surface area contributed by atoms with Gasteiger partial charge in [0.15, 0.2) is 0 Å². The van der Waals surface area contributed by atoms with E-state index in [1.807, 2.05) is 6.07 Å². The lowest BCUT2D eigenvalue weighted by Crippen LogP contribution is -2.24. The second kappa shape index (κ2) is 5.00. The van der Waals surface area contributed by atoms with Crippen LogP contribution in [-0.2, 0) is 13.5 Å². The van der Waals surface area contributed by atoms with E-state index in [1.165, 1.54) is 11.3 Å². The molecule has 1 aromatic carbocycles. The second-order valence-corrected chi connectivity index (χ2v) is 5.16. The topological polar surface area (TPSA) is 50.2 Å². The van der Waals surface area contributed by atoms with Gasteiger partial charge < -0.3 is 10.2 Å². The lowest BCUT2D eigenvalue weighted by Gasteiger charge is -2.27. The third-order valence-corrected chi connectivity index (χ3v) is 3.74. The molecule has 0 bridgehead atoms. The molecule has 5 heteroatoms. The summed E-state index contributed by atoms with van der Waals surface area (Å²) >= 11 is 0. The molecular weight excluding hydrogens is 252 g/mol. The molecule has 1 aromatic heterocycles. The van der Waals surface area contributed by atoms with E-state index in [0.29, 0.717) is 5.69 Å². The van der Waals surface area contributed by atoms with E-state index in [9.17, 15) is 4.79 Å². The molecule has 2 heterocycles. The quantitative estimate of drug-likeness (QED) is 0.908. The fraction of sp³-hybridized carbons (Fsp3) is 0.333. The Bertz CT molecular complexity index is 647. The molecule has 1 aliphatic rings. The molecule has 104 valence electrons. The van der Waals surface area contributed by atoms with Crippen LogP contribution in [0.25, 0.3) is 0 Å². The van der Waals surface area contributed by atoms with Crippen LogP contribution in [0.4, 0.5) is 11.4 Å². The molecule has 0 radical (unpaired) electrons. The van der Waals surface area contributed by atoms with Crippen molar-refractivity contribution in [2.75, 3.05) is 23.8 Å². The number of fused-ring (bicyclic) bond motifs is 1. The smallest absolute Gasteiger partial charge is 0.273 e. The number of hydrogen-bond acceptors (Lipinski definition) is 3. The summed E-state index contributed by atoms with van der Waals surface area (Å²) in [6.07, 6.45) is 3.84. The molecule has 0 aliphatic carbocycles. The van der Waals surface area contributed by atoms with Crippen molar-refractivity contribution >= 4 is 17.3 Å². The molecule has 0 saturated heterocycles. The second-order valence-electron chi connectivity index (χ2n) is 5.16. The highest BCUT2D eigenvalue weighted by atomic mass is 16.2. The maximum Gasteiger partial charge on any atom is 0.273 e. The van der Waals surface area contributed by atoms with Gasteiger partial charge in [-0.05, 0) is 42.7 Å². The number of anilines is 2. The molecule has 0 fully saturated rings. The molecule has 1 amide bonds. The van der Waals surface area contributed by atoms with E-state index in [-0.39, 0.29) is 5.91 Å². The van der Waals surface area contributed by atoms with E-state index in [1.54, 1.807) is 24.0 Å². The van der Waals surface area contributed by atoms with Gasteiger partial charge in [0.25, 0.3) is 5.91 Å². The van der Waals surface area contributed by atoms with Crippen LogP contribution in [0, 0.1) is 0 Å². The summed E-state index contributed by atoms with van der Waals surface area (Å²) in [7, 11) is 3.86. The van der Waals surface area contributed by atoms with Crippen molar-refractivity contribution in [3.05, 3.63) is 41.7 Å². The average Bonchev–Trinajstić information content (AvgIpc) is 2.85. The summed E-state index contributed by atoms with van der Waals surface area (Å²) in [5, 5.41) is 6.94. The van der Waals surface area contributed by atoms with Crippen molar-refractivity contribution in [2.24, 2.45) is 7.05 Å². The molecular formula is C15H18N4O. The summed E-state index contributed by atoms with van der Waals surface area (Å²) in [6, 6.07) is 7.81. The highest BCUT2D eigenvalue weighted by Crippen LogP contribution is 2.28. The van der Waals surface area contributed by atoms with Crippen LogP contribution in [0.1, 0.15) is 22.5 Å². The van der Waals surface area contributed by atoms with Gasteiger partial charge in [0.2, 0.25) is 0 Å². The molecule has 20 heavy (non-hydrogen) atoms. The van der Waals surface area contributed by atoms with Crippen molar-refractivity contribution < 1.29 is 4.79 Å². The number of nitrogens with one attached hydrogen (secondary N) is 1. The van der Waals surface area contributed by atoms with Gasteiger partial charge in [0.05, 0.1) is 0 Å². The zero-order valence-electron chi connectivity index (χ0n) is 11.8. The highest BCUT2D eigenvalue weighted by Gasteiger charge is 2.15. The Balaban J connectivity index is 1.82. The highest BCUT2D eigenvalue weighted by molar-refractivity contribution is 6.03. The zero-order valence-corrected chi connectivity index (χ0v) is 11.8. The molecule has 1 N–H and O–H groups in total. The summed E-state index contributed by atoms with van der Waals surface area (Å²) in [5.74, 6) is -0.130. The van der Waals surface area contributed by atoms with E-state index < -0.39 is 0 Å². The van der Waals surface area contributed by atoms with E-state index in [2.05, 4.69) is 34.5 Å². The molecule has 0 atom stereocenters. The van der Waals surface area contributed by atoms with Crippen molar-refractivity contribution in [1.82, 2.24) is 9.78 Å². The third kappa shape index (κ3) is 2.27. The largest absolute Gasteiger partial charge is 0.374 e. The van der Waals surface area contributed by atoms with Crippen LogP contribution in [0.2, 0.25) is 0 Å². The number of amides is 1. The molecule has 5 nitrogen and oxygen atoms in total. The Morgan fingerprint density at radius 3 is 2.90 bits per heavy atom. The standard InChI is InChI=1S/C15H18N4O/c1-18-9-3-4-11-10-12(5-6-13(11)18)17-15(20)14-7-8-16-19(14)2/h5-8,10H,3-4,9H2,1-2H3,(H,17,20). The van der Waals surface area contributed by atoms with Gasteiger partial charge in [-0.3, -0.25) is 9.48 Å². The normalized spacial score (nSPS) is 14.0. The number of carbonyl (C=O) groups excluding carboxylic acids is 1. The first-order chi connectivity index (χ1) is 9.65. The molecule has 0 saturated carbocycles. The van der Waals surface area contributed by atoms with Gasteiger partial charge in [-0.1, -0.05) is 0 Å². The minimum atomic E-state index is -0.130. The Morgan fingerprint density at radius 1 is 1.30 bits per heavy atom. The fourth-order valence-electron chi connectivity index (χ4n) is 2.65. The summed E-state index contributed by atoms with van der Waals surface area (Å²) in [6.45, 7) is 1.09. The zero-order chi connectivity index (χ0) is 14.1. The first-order valence-electron chi connectivity index (χ1n) is 6.78. The lowest BCUT2D eigenvalue weighted by molar-refractivity contribution is 0.101. The first kappa shape index (κ1) is 12.7. The van der Waals surface area contributed by atoms with Gasteiger partial charge in [-0.15, -0.1) is 0 Å². The van der Waals surface area contributed by atoms with Gasteiger partial charge in [0.1, 0.15) is 5.69 Å². The SMILES string of the molecule is CN1CCCc2cc(NC(=O)c3ccnn3C)ccc21. The number of benzene rings is 1. The van der Waals surface area contributed by atoms with Gasteiger partial charge in [-0.25, -0.2) is 0 Å². The summed E-state index contributed by atoms with van der Waals surface area (Å²) in [4.78, 5) is 14.4. The van der Waals surface area contributed by atoms with Gasteiger partial charge in [0, 0.05) is 38.2 Å². The minimum Gasteiger partial charge on any atom is -0.374 e. The number of nitrogens with zero attached hydrogens (tertiary/aromatic N) is 3. The maximum atomic E-state index is 12.1. The molecule has 1 aliphatic heterocycles. The fourth-order valence-corrected chi connectivity index (χ4v) is 2.65. The van der Waals surface area contributed by atoms with Crippen LogP contribution in [0.5, 0.6) is 0 Å². The maximum absolute atomic E-state index is 12.1. The summed E-state index contributed by atoms with van der Waals surface area (Å²) in [5.41, 5.74) is 3.95. The predicted octanol–water partition coefficient (Wildman–Crippen LogP) is 2.05. The minimum absolute atomic E-state index is 0.130. The van der Waals surface area contributed by atoms with Crippen molar-refractivity contribution in [3.8, 4) is 0 Å². The van der Waals surface area contributed by atoms with Crippen LogP contribution >= 0.6 is 0 Å². The van der Waals surface area contributed by atoms with Crippen molar-refractivity contribution in [2.45, 2.75) is 12.8 Å².